The predicted octanol–water partition coefficient (Wildman–Crippen LogP) is 4.15. The van der Waals surface area contributed by atoms with Gasteiger partial charge in [-0.05, 0) is 54.2 Å². The van der Waals surface area contributed by atoms with Crippen LogP contribution in [-0.4, -0.2) is 25.9 Å². The van der Waals surface area contributed by atoms with Gasteiger partial charge >= 0.3 is 6.09 Å². The molecule has 0 aromatic heterocycles. The van der Waals surface area contributed by atoms with Crippen LogP contribution in [-0.2, 0) is 11.2 Å². The molecule has 0 bridgehead atoms. The molecule has 1 aromatic rings. The lowest BCUT2D eigenvalue weighted by Crippen LogP contribution is -2.42. The van der Waals surface area contributed by atoms with Crippen molar-refractivity contribution < 1.29 is 14.3 Å². The second-order valence-electron chi connectivity index (χ2n) is 4.95. The third-order valence-corrected chi connectivity index (χ3v) is 4.15. The monoisotopic (exact) mass is 341 g/mol. The average molecular weight is 342 g/mol. The van der Waals surface area contributed by atoms with Crippen molar-refractivity contribution in [2.24, 2.45) is 0 Å². The lowest BCUT2D eigenvalue weighted by atomic mass is 9.96. The maximum absolute atomic E-state index is 12.0. The molecule has 0 saturated heterocycles. The highest BCUT2D eigenvalue weighted by Crippen LogP contribution is 2.41. The number of benzene rings is 1. The summed E-state index contributed by atoms with van der Waals surface area (Å²) in [5.41, 5.74) is 1.97. The zero-order chi connectivity index (χ0) is 14.7. The highest BCUT2D eigenvalue weighted by atomic mass is 79.9. The average Bonchev–Trinajstić information content (AvgIpc) is 2.45. The number of hydrogen-bond donors (Lipinski definition) is 0. The Bertz CT molecular complexity index is 504. The molecule has 1 atom stereocenters. The van der Waals surface area contributed by atoms with Crippen molar-refractivity contribution >= 4 is 27.7 Å². The van der Waals surface area contributed by atoms with Gasteiger partial charge in [0.15, 0.2) is 0 Å². The summed E-state index contributed by atoms with van der Waals surface area (Å²) in [6.45, 7) is 4.78. The molecule has 20 heavy (non-hydrogen) atoms. The normalized spacial score (nSPS) is 17.6. The third-order valence-electron chi connectivity index (χ3n) is 3.52. The van der Waals surface area contributed by atoms with Crippen LogP contribution in [0.5, 0.6) is 5.75 Å². The molecule has 0 spiro atoms. The Kier molecular flexibility index (Phi) is 4.91. The van der Waals surface area contributed by atoms with E-state index in [2.05, 4.69) is 22.9 Å². The van der Waals surface area contributed by atoms with Crippen molar-refractivity contribution in [2.45, 2.75) is 39.2 Å². The Labute approximate surface area is 128 Å². The Morgan fingerprint density at radius 1 is 1.50 bits per heavy atom. The molecule has 1 aliphatic rings. The molecule has 1 aliphatic heterocycles. The number of carbonyl (C=O) groups is 1. The van der Waals surface area contributed by atoms with Gasteiger partial charge in [-0.1, -0.05) is 6.92 Å². The van der Waals surface area contributed by atoms with Crippen LogP contribution >= 0.6 is 15.9 Å². The fourth-order valence-corrected chi connectivity index (χ4v) is 3.00. The highest BCUT2D eigenvalue weighted by Gasteiger charge is 2.31. The van der Waals surface area contributed by atoms with E-state index in [0.717, 1.165) is 40.7 Å². The van der Waals surface area contributed by atoms with Gasteiger partial charge in [-0.15, -0.1) is 0 Å². The molecule has 2 rings (SSSR count). The molecule has 1 heterocycles. The van der Waals surface area contributed by atoms with Crippen LogP contribution in [0.15, 0.2) is 16.6 Å². The summed E-state index contributed by atoms with van der Waals surface area (Å²) in [7, 11) is 1.41. The minimum atomic E-state index is -0.317. The minimum absolute atomic E-state index is 0.134. The first-order valence-electron chi connectivity index (χ1n) is 6.91. The predicted molar refractivity (Wildman–Crippen MR) is 82.6 cm³/mol. The smallest absolute Gasteiger partial charge is 0.414 e. The van der Waals surface area contributed by atoms with Gasteiger partial charge in [0.2, 0.25) is 0 Å². The Morgan fingerprint density at radius 3 is 2.90 bits per heavy atom. The summed E-state index contributed by atoms with van der Waals surface area (Å²) in [6.07, 6.45) is 2.44. The van der Waals surface area contributed by atoms with Crippen molar-refractivity contribution in [2.75, 3.05) is 18.6 Å². The summed E-state index contributed by atoms with van der Waals surface area (Å²) in [4.78, 5) is 13.7. The number of rotatable bonds is 3. The molecule has 0 fully saturated rings. The number of carbonyl (C=O) groups excluding carboxylic acids is 1. The van der Waals surface area contributed by atoms with E-state index in [-0.39, 0.29) is 12.1 Å². The molecule has 0 radical (unpaired) electrons. The second kappa shape index (κ2) is 6.48. The third kappa shape index (κ3) is 2.77. The van der Waals surface area contributed by atoms with Crippen molar-refractivity contribution in [3.05, 3.63) is 22.2 Å². The van der Waals surface area contributed by atoms with E-state index in [9.17, 15) is 4.79 Å². The molecule has 110 valence electrons. The van der Waals surface area contributed by atoms with E-state index < -0.39 is 0 Å². The number of halogens is 1. The first-order valence-corrected chi connectivity index (χ1v) is 7.70. The Balaban J connectivity index is 2.45. The van der Waals surface area contributed by atoms with E-state index in [1.807, 2.05) is 19.1 Å². The topological polar surface area (TPSA) is 38.8 Å². The largest absolute Gasteiger partial charge is 0.492 e. The van der Waals surface area contributed by atoms with Gasteiger partial charge in [-0.2, -0.15) is 0 Å². The zero-order valence-electron chi connectivity index (χ0n) is 12.1. The summed E-state index contributed by atoms with van der Waals surface area (Å²) < 4.78 is 11.7. The van der Waals surface area contributed by atoms with E-state index in [0.29, 0.717) is 6.61 Å². The lowest BCUT2D eigenvalue weighted by molar-refractivity contribution is 0.175. The number of anilines is 1. The molecule has 0 aliphatic carbocycles. The quantitative estimate of drug-likeness (QED) is 0.828. The summed E-state index contributed by atoms with van der Waals surface area (Å²) >= 11 is 3.54. The van der Waals surface area contributed by atoms with Crippen LogP contribution in [0, 0.1) is 0 Å². The second-order valence-corrected chi connectivity index (χ2v) is 5.80. The van der Waals surface area contributed by atoms with Crippen molar-refractivity contribution in [3.63, 3.8) is 0 Å². The Morgan fingerprint density at radius 2 is 2.25 bits per heavy atom. The standard InChI is InChI=1S/C15H20BrNO3/c1-4-9-20-14-11-6-5-10(2)17(15(18)19-3)13(11)8-7-12(14)16/h7-8,10H,4-6,9H2,1-3H3/t10-/m0/s1. The number of methoxy groups -OCH3 is 1. The molecular weight excluding hydrogens is 322 g/mol. The number of hydrogen-bond acceptors (Lipinski definition) is 3. The highest BCUT2D eigenvalue weighted by molar-refractivity contribution is 9.10. The van der Waals surface area contributed by atoms with Crippen LogP contribution in [0.1, 0.15) is 32.3 Å². The maximum atomic E-state index is 12.0. The van der Waals surface area contributed by atoms with Crippen molar-refractivity contribution in [3.8, 4) is 5.75 Å². The zero-order valence-corrected chi connectivity index (χ0v) is 13.7. The molecule has 1 aromatic carbocycles. The van der Waals surface area contributed by atoms with Gasteiger partial charge in [-0.25, -0.2) is 4.79 Å². The summed E-state index contributed by atoms with van der Waals surface area (Å²) in [5.74, 6) is 0.852. The van der Waals surface area contributed by atoms with Crippen molar-refractivity contribution in [1.29, 1.82) is 0 Å². The molecule has 0 unspecified atom stereocenters. The van der Waals surface area contributed by atoms with Crippen LogP contribution in [0.25, 0.3) is 0 Å². The van der Waals surface area contributed by atoms with Gasteiger partial charge in [0.25, 0.3) is 0 Å². The fraction of sp³-hybridized carbons (Fsp3) is 0.533. The molecule has 0 N–H and O–H groups in total. The minimum Gasteiger partial charge on any atom is -0.492 e. The van der Waals surface area contributed by atoms with Crippen molar-refractivity contribution in [1.82, 2.24) is 0 Å². The van der Waals surface area contributed by atoms with Crippen LogP contribution in [0.4, 0.5) is 10.5 Å². The number of nitrogens with zero attached hydrogens (tertiary/aromatic N) is 1. The van der Waals surface area contributed by atoms with E-state index in [1.165, 1.54) is 7.11 Å². The summed E-state index contributed by atoms with van der Waals surface area (Å²) in [5, 5.41) is 0. The van der Waals surface area contributed by atoms with Crippen LogP contribution < -0.4 is 9.64 Å². The number of ether oxygens (including phenoxy) is 2. The SMILES string of the molecule is CCCOc1c(Br)ccc2c1CC[C@H](C)N2C(=O)OC. The van der Waals surface area contributed by atoms with Crippen LogP contribution in [0.3, 0.4) is 0 Å². The van der Waals surface area contributed by atoms with E-state index in [4.69, 9.17) is 9.47 Å². The van der Waals surface area contributed by atoms with Gasteiger partial charge < -0.3 is 9.47 Å². The van der Waals surface area contributed by atoms with E-state index in [1.54, 1.807) is 4.90 Å². The maximum Gasteiger partial charge on any atom is 0.414 e. The summed E-state index contributed by atoms with van der Waals surface area (Å²) in [6, 6.07) is 4.01. The molecule has 4 nitrogen and oxygen atoms in total. The number of amides is 1. The van der Waals surface area contributed by atoms with Crippen LogP contribution in [0.2, 0.25) is 0 Å². The Hall–Kier alpha value is -1.23. The molecule has 1 amide bonds. The van der Waals surface area contributed by atoms with Gasteiger partial charge in [0.05, 0.1) is 23.9 Å². The van der Waals surface area contributed by atoms with Gasteiger partial charge in [-0.3, -0.25) is 4.90 Å². The lowest BCUT2D eigenvalue weighted by Gasteiger charge is -2.35. The van der Waals surface area contributed by atoms with Gasteiger partial charge in [0, 0.05) is 11.6 Å². The molecule has 5 heteroatoms. The van der Waals surface area contributed by atoms with E-state index >= 15 is 0 Å². The molecule has 0 saturated carbocycles. The first-order chi connectivity index (χ1) is 9.60. The first kappa shape index (κ1) is 15.2. The number of fused-ring (bicyclic) bond motifs is 1. The fourth-order valence-electron chi connectivity index (χ4n) is 2.51. The molecular formula is C15H20BrNO3. The van der Waals surface area contributed by atoms with Gasteiger partial charge in [0.1, 0.15) is 5.75 Å².